The zero-order valence-corrected chi connectivity index (χ0v) is 11.8. The average molecular weight is 296 g/mol. The van der Waals surface area contributed by atoms with Crippen LogP contribution >= 0.6 is 12.2 Å². The number of thiocarbonyl (C=S) groups is 1. The summed E-state index contributed by atoms with van der Waals surface area (Å²) in [7, 11) is 0. The predicted molar refractivity (Wildman–Crippen MR) is 77.9 cm³/mol. The lowest BCUT2D eigenvalue weighted by Crippen LogP contribution is -2.43. The molecule has 1 aromatic rings. The van der Waals surface area contributed by atoms with Gasteiger partial charge >= 0.3 is 5.97 Å². The third-order valence-electron chi connectivity index (χ3n) is 3.71. The molecule has 4 nitrogen and oxygen atoms in total. The molecule has 0 aliphatic carbocycles. The van der Waals surface area contributed by atoms with E-state index < -0.39 is 12.0 Å². The number of halogens is 1. The molecule has 0 radical (unpaired) electrons. The first-order valence-corrected chi connectivity index (χ1v) is 6.92. The van der Waals surface area contributed by atoms with Crippen molar-refractivity contribution in [2.75, 3.05) is 13.1 Å². The number of nitrogens with zero attached hydrogens (tertiary/aromatic N) is 1. The third kappa shape index (κ3) is 3.13. The van der Waals surface area contributed by atoms with Crippen LogP contribution in [0.4, 0.5) is 4.39 Å². The van der Waals surface area contributed by atoms with Gasteiger partial charge in [0, 0.05) is 5.56 Å². The maximum atomic E-state index is 13.9. The fourth-order valence-electron chi connectivity index (χ4n) is 2.63. The van der Waals surface area contributed by atoms with Crippen molar-refractivity contribution in [2.24, 2.45) is 11.7 Å². The summed E-state index contributed by atoms with van der Waals surface area (Å²) in [6.07, 6.45) is 1.06. The van der Waals surface area contributed by atoms with Crippen LogP contribution in [-0.2, 0) is 4.79 Å². The molecule has 1 saturated heterocycles. The van der Waals surface area contributed by atoms with Crippen LogP contribution in [0.2, 0.25) is 0 Å². The van der Waals surface area contributed by atoms with E-state index in [1.165, 1.54) is 6.07 Å². The van der Waals surface area contributed by atoms with Crippen LogP contribution in [0.15, 0.2) is 24.3 Å². The Morgan fingerprint density at radius 3 is 2.50 bits per heavy atom. The second kappa shape index (κ2) is 6.28. The lowest BCUT2D eigenvalue weighted by Gasteiger charge is -2.36. The molecule has 0 bridgehead atoms. The van der Waals surface area contributed by atoms with E-state index in [1.54, 1.807) is 18.2 Å². The molecule has 20 heavy (non-hydrogen) atoms. The van der Waals surface area contributed by atoms with Gasteiger partial charge in [-0.2, -0.15) is 0 Å². The van der Waals surface area contributed by atoms with Gasteiger partial charge in [-0.15, -0.1) is 0 Å². The number of benzene rings is 1. The van der Waals surface area contributed by atoms with Crippen LogP contribution in [0.25, 0.3) is 0 Å². The number of carboxylic acid groups (broad SMARTS) is 1. The highest BCUT2D eigenvalue weighted by Gasteiger charge is 2.31. The van der Waals surface area contributed by atoms with Gasteiger partial charge in [0.25, 0.3) is 0 Å². The molecular weight excluding hydrogens is 279 g/mol. The van der Waals surface area contributed by atoms with Crippen LogP contribution in [0, 0.1) is 11.7 Å². The number of carboxylic acids is 1. The first kappa shape index (κ1) is 14.9. The molecule has 0 spiro atoms. The monoisotopic (exact) mass is 296 g/mol. The highest BCUT2D eigenvalue weighted by atomic mass is 32.1. The van der Waals surface area contributed by atoms with E-state index in [0.29, 0.717) is 31.5 Å². The van der Waals surface area contributed by atoms with Crippen LogP contribution in [0.1, 0.15) is 24.4 Å². The number of aliphatic carboxylic acids is 1. The summed E-state index contributed by atoms with van der Waals surface area (Å²) in [5.41, 5.74) is 6.22. The second-order valence-electron chi connectivity index (χ2n) is 4.97. The largest absolute Gasteiger partial charge is 0.481 e. The lowest BCUT2D eigenvalue weighted by molar-refractivity contribution is -0.143. The maximum Gasteiger partial charge on any atom is 0.306 e. The Morgan fingerprint density at radius 1 is 1.40 bits per heavy atom. The van der Waals surface area contributed by atoms with E-state index in [2.05, 4.69) is 0 Å². The molecule has 3 N–H and O–H groups in total. The highest BCUT2D eigenvalue weighted by molar-refractivity contribution is 7.80. The van der Waals surface area contributed by atoms with E-state index in [4.69, 9.17) is 23.1 Å². The Morgan fingerprint density at radius 2 is 2.00 bits per heavy atom. The van der Waals surface area contributed by atoms with Crippen molar-refractivity contribution in [1.82, 2.24) is 4.90 Å². The summed E-state index contributed by atoms with van der Waals surface area (Å²) in [5, 5.41) is 9.00. The van der Waals surface area contributed by atoms with Gasteiger partial charge in [0.1, 0.15) is 5.82 Å². The number of hydrogen-bond donors (Lipinski definition) is 2. The van der Waals surface area contributed by atoms with Gasteiger partial charge in [0.15, 0.2) is 0 Å². The van der Waals surface area contributed by atoms with E-state index >= 15 is 0 Å². The van der Waals surface area contributed by atoms with Gasteiger partial charge in [-0.25, -0.2) is 4.39 Å². The number of piperidine rings is 1. The molecule has 108 valence electrons. The highest BCUT2D eigenvalue weighted by Crippen LogP contribution is 2.28. The Bertz CT molecular complexity index is 516. The van der Waals surface area contributed by atoms with Crippen molar-refractivity contribution in [2.45, 2.75) is 18.9 Å². The topological polar surface area (TPSA) is 66.6 Å². The average Bonchev–Trinajstić information content (AvgIpc) is 2.41. The zero-order chi connectivity index (χ0) is 14.7. The van der Waals surface area contributed by atoms with Crippen molar-refractivity contribution in [3.63, 3.8) is 0 Å². The molecule has 1 aliphatic heterocycles. The van der Waals surface area contributed by atoms with Gasteiger partial charge in [-0.05, 0) is 32.0 Å². The molecule has 2 rings (SSSR count). The molecule has 6 heteroatoms. The standard InChI is InChI=1S/C14H17FN2O2S/c15-11-4-2-1-3-10(11)12(13(16)20)17-7-5-9(6-8-17)14(18)19/h1-4,9,12H,5-8H2,(H2,16,20)(H,18,19). The lowest BCUT2D eigenvalue weighted by atomic mass is 9.94. The van der Waals surface area contributed by atoms with E-state index in [1.807, 2.05) is 4.90 Å². The summed E-state index contributed by atoms with van der Waals surface area (Å²) in [5.74, 6) is -1.45. The zero-order valence-electron chi connectivity index (χ0n) is 11.0. The Labute approximate surface area is 122 Å². The molecule has 0 aromatic heterocycles. The molecule has 1 heterocycles. The Kier molecular flexibility index (Phi) is 4.67. The van der Waals surface area contributed by atoms with E-state index in [9.17, 15) is 9.18 Å². The van der Waals surface area contributed by atoms with Gasteiger partial charge in [0.2, 0.25) is 0 Å². The molecule has 1 aromatic carbocycles. The minimum Gasteiger partial charge on any atom is -0.481 e. The first-order valence-electron chi connectivity index (χ1n) is 6.51. The molecule has 1 atom stereocenters. The number of carbonyl (C=O) groups is 1. The maximum absolute atomic E-state index is 13.9. The normalized spacial score (nSPS) is 18.6. The summed E-state index contributed by atoms with van der Waals surface area (Å²) >= 11 is 5.07. The SMILES string of the molecule is NC(=S)C(c1ccccc1F)N1CCC(C(=O)O)CC1. The van der Waals surface area contributed by atoms with Crippen molar-refractivity contribution in [3.8, 4) is 0 Å². The number of hydrogen-bond acceptors (Lipinski definition) is 3. The number of likely N-dealkylation sites (tertiary alicyclic amines) is 1. The Balaban J connectivity index is 2.18. The van der Waals surface area contributed by atoms with Crippen LogP contribution < -0.4 is 5.73 Å². The molecule has 1 aliphatic rings. The Hall–Kier alpha value is -1.53. The van der Waals surface area contributed by atoms with E-state index in [-0.39, 0.29) is 16.7 Å². The summed E-state index contributed by atoms with van der Waals surface area (Å²) in [6.45, 7) is 1.10. The minimum absolute atomic E-state index is 0.212. The molecule has 1 fully saturated rings. The minimum atomic E-state index is -0.776. The predicted octanol–water partition coefficient (Wildman–Crippen LogP) is 1.95. The molecule has 0 amide bonds. The van der Waals surface area contributed by atoms with Crippen molar-refractivity contribution in [3.05, 3.63) is 35.6 Å². The fourth-order valence-corrected chi connectivity index (χ4v) is 2.91. The van der Waals surface area contributed by atoms with E-state index in [0.717, 1.165) is 0 Å². The summed E-state index contributed by atoms with van der Waals surface area (Å²) in [4.78, 5) is 13.1. The van der Waals surface area contributed by atoms with Crippen LogP contribution in [0.3, 0.4) is 0 Å². The third-order valence-corrected chi connectivity index (χ3v) is 3.94. The van der Waals surface area contributed by atoms with Crippen molar-refractivity contribution >= 4 is 23.2 Å². The van der Waals surface area contributed by atoms with Crippen LogP contribution in [-0.4, -0.2) is 34.1 Å². The van der Waals surface area contributed by atoms with Gasteiger partial charge in [-0.1, -0.05) is 30.4 Å². The van der Waals surface area contributed by atoms with Gasteiger partial charge < -0.3 is 10.8 Å². The summed E-state index contributed by atoms with van der Waals surface area (Å²) < 4.78 is 13.9. The first-order chi connectivity index (χ1) is 9.50. The molecule has 1 unspecified atom stereocenters. The second-order valence-corrected chi connectivity index (χ2v) is 5.45. The van der Waals surface area contributed by atoms with Crippen LogP contribution in [0.5, 0.6) is 0 Å². The summed E-state index contributed by atoms with van der Waals surface area (Å²) in [6, 6.07) is 5.94. The van der Waals surface area contributed by atoms with Crippen molar-refractivity contribution in [1.29, 1.82) is 0 Å². The van der Waals surface area contributed by atoms with Crippen molar-refractivity contribution < 1.29 is 14.3 Å². The number of nitrogens with two attached hydrogens (primary N) is 1. The number of rotatable bonds is 4. The fraction of sp³-hybridized carbons (Fsp3) is 0.429. The quantitative estimate of drug-likeness (QED) is 0.831. The molecular formula is C14H17FN2O2S. The molecule has 0 saturated carbocycles. The smallest absolute Gasteiger partial charge is 0.306 e. The van der Waals surface area contributed by atoms with Gasteiger partial charge in [-0.3, -0.25) is 9.69 Å². The van der Waals surface area contributed by atoms with Gasteiger partial charge in [0.05, 0.1) is 16.9 Å².